The highest BCUT2D eigenvalue weighted by Crippen LogP contribution is 2.27. The van der Waals surface area contributed by atoms with Gasteiger partial charge in [0.1, 0.15) is 16.9 Å². The van der Waals surface area contributed by atoms with Crippen LogP contribution in [0.3, 0.4) is 0 Å². The van der Waals surface area contributed by atoms with Crippen LogP contribution in [0.5, 0.6) is 0 Å². The number of aromatic nitrogens is 3. The maximum absolute atomic E-state index is 12.1. The van der Waals surface area contributed by atoms with Crippen molar-refractivity contribution in [1.82, 2.24) is 14.8 Å². The van der Waals surface area contributed by atoms with Gasteiger partial charge in [-0.1, -0.05) is 43.9 Å². The summed E-state index contributed by atoms with van der Waals surface area (Å²) in [6.07, 6.45) is 7.51. The molecule has 132 valence electrons. The smallest absolute Gasteiger partial charge is 0.235 e. The number of carbonyl (C=O) groups excluding carboxylic acids is 1. The maximum Gasteiger partial charge on any atom is 0.235 e. The minimum atomic E-state index is -0.138. The summed E-state index contributed by atoms with van der Waals surface area (Å²) in [5, 5.41) is 23.5. The van der Waals surface area contributed by atoms with Crippen molar-refractivity contribution in [3.05, 3.63) is 22.8 Å². The van der Waals surface area contributed by atoms with Gasteiger partial charge in [0.15, 0.2) is 5.16 Å². The molecule has 6 nitrogen and oxygen atoms in total. The van der Waals surface area contributed by atoms with Crippen molar-refractivity contribution >= 4 is 34.0 Å². The fraction of sp³-hybridized carbons (Fsp3) is 0.529. The minimum absolute atomic E-state index is 0.138. The number of amides is 1. The molecule has 2 heterocycles. The molecule has 0 aliphatic heterocycles. The quantitative estimate of drug-likeness (QED) is 0.780. The molecule has 1 aliphatic rings. The van der Waals surface area contributed by atoms with Gasteiger partial charge in [0.25, 0.3) is 0 Å². The molecule has 0 saturated heterocycles. The van der Waals surface area contributed by atoms with Gasteiger partial charge in [0, 0.05) is 13.5 Å². The summed E-state index contributed by atoms with van der Waals surface area (Å²) >= 11 is 2.73. The Morgan fingerprint density at radius 2 is 2.24 bits per heavy atom. The summed E-state index contributed by atoms with van der Waals surface area (Å²) in [5.41, 5.74) is 0.497. The zero-order chi connectivity index (χ0) is 17.6. The van der Waals surface area contributed by atoms with Crippen LogP contribution in [0, 0.1) is 17.2 Å². The third kappa shape index (κ3) is 4.61. The van der Waals surface area contributed by atoms with Crippen molar-refractivity contribution in [3.63, 3.8) is 0 Å². The number of rotatable bonds is 6. The standard InChI is InChI=1S/C17H21N5OS2/c1-22-14(9-12-5-3-2-4-6-12)20-21-17(22)25-11-15(23)19-16-13(10-18)7-8-24-16/h7-8,12H,2-6,9,11H2,1H3,(H,19,23). The van der Waals surface area contributed by atoms with Crippen LogP contribution >= 0.6 is 23.1 Å². The van der Waals surface area contributed by atoms with E-state index in [2.05, 4.69) is 21.6 Å². The second-order valence-electron chi connectivity index (χ2n) is 6.28. The molecule has 8 heteroatoms. The number of nitrogens with one attached hydrogen (secondary N) is 1. The fourth-order valence-electron chi connectivity index (χ4n) is 3.08. The van der Waals surface area contributed by atoms with E-state index in [0.717, 1.165) is 17.4 Å². The number of nitrogens with zero attached hydrogens (tertiary/aromatic N) is 4. The molecule has 1 saturated carbocycles. The minimum Gasteiger partial charge on any atom is -0.316 e. The molecule has 1 amide bonds. The highest BCUT2D eigenvalue weighted by molar-refractivity contribution is 7.99. The van der Waals surface area contributed by atoms with Crippen molar-refractivity contribution in [2.75, 3.05) is 11.1 Å². The molecule has 1 fully saturated rings. The van der Waals surface area contributed by atoms with Crippen LogP contribution in [0.1, 0.15) is 43.5 Å². The molecule has 2 aromatic rings. The summed E-state index contributed by atoms with van der Waals surface area (Å²) in [7, 11) is 1.96. The first kappa shape index (κ1) is 18.0. The molecule has 0 aromatic carbocycles. The normalized spacial score (nSPS) is 15.0. The Labute approximate surface area is 155 Å². The molecular formula is C17H21N5OS2. The third-order valence-corrected chi connectivity index (χ3v) is 6.34. The first-order valence-corrected chi connectivity index (χ1v) is 10.3. The molecule has 3 rings (SSSR count). The second-order valence-corrected chi connectivity index (χ2v) is 8.14. The van der Waals surface area contributed by atoms with E-state index in [4.69, 9.17) is 5.26 Å². The Kier molecular flexibility index (Phi) is 6.10. The Bertz CT molecular complexity index is 770. The molecule has 2 aromatic heterocycles. The van der Waals surface area contributed by atoms with Gasteiger partial charge < -0.3 is 9.88 Å². The van der Waals surface area contributed by atoms with Gasteiger partial charge in [0.05, 0.1) is 11.3 Å². The maximum atomic E-state index is 12.1. The van der Waals surface area contributed by atoms with Crippen LogP contribution < -0.4 is 5.32 Å². The summed E-state index contributed by atoms with van der Waals surface area (Å²) < 4.78 is 2.00. The lowest BCUT2D eigenvalue weighted by atomic mass is 9.87. The van der Waals surface area contributed by atoms with Gasteiger partial charge >= 0.3 is 0 Å². The van der Waals surface area contributed by atoms with Crippen LogP contribution in [-0.4, -0.2) is 26.4 Å². The highest BCUT2D eigenvalue weighted by atomic mass is 32.2. The number of carbonyl (C=O) groups is 1. The summed E-state index contributed by atoms with van der Waals surface area (Å²) in [5.74, 6) is 1.82. The summed E-state index contributed by atoms with van der Waals surface area (Å²) in [6.45, 7) is 0. The Morgan fingerprint density at radius 1 is 1.44 bits per heavy atom. The molecule has 0 radical (unpaired) electrons. The SMILES string of the molecule is Cn1c(CC2CCCCC2)nnc1SCC(=O)Nc1sccc1C#N. The van der Waals surface area contributed by atoms with Gasteiger partial charge in [-0.15, -0.1) is 21.5 Å². The number of hydrogen-bond acceptors (Lipinski definition) is 6. The zero-order valence-electron chi connectivity index (χ0n) is 14.2. The molecule has 25 heavy (non-hydrogen) atoms. The first-order valence-electron chi connectivity index (χ1n) is 8.46. The van der Waals surface area contributed by atoms with E-state index < -0.39 is 0 Å². The number of thiophene rings is 1. The Morgan fingerprint density at radius 3 is 3.00 bits per heavy atom. The molecular weight excluding hydrogens is 354 g/mol. The molecule has 1 N–H and O–H groups in total. The number of anilines is 1. The van der Waals surface area contributed by atoms with Crippen molar-refractivity contribution in [2.24, 2.45) is 13.0 Å². The van der Waals surface area contributed by atoms with E-state index in [1.54, 1.807) is 11.4 Å². The van der Waals surface area contributed by atoms with E-state index in [1.165, 1.54) is 55.2 Å². The van der Waals surface area contributed by atoms with Crippen LogP contribution in [0.15, 0.2) is 16.6 Å². The van der Waals surface area contributed by atoms with Gasteiger partial charge in [-0.2, -0.15) is 5.26 Å². The average molecular weight is 376 g/mol. The van der Waals surface area contributed by atoms with Crippen LogP contribution in [0.4, 0.5) is 5.00 Å². The number of nitriles is 1. The van der Waals surface area contributed by atoms with Crippen molar-refractivity contribution in [3.8, 4) is 6.07 Å². The van der Waals surface area contributed by atoms with E-state index in [-0.39, 0.29) is 11.7 Å². The third-order valence-electron chi connectivity index (χ3n) is 4.49. The number of hydrogen-bond donors (Lipinski definition) is 1. The van der Waals surface area contributed by atoms with E-state index in [0.29, 0.717) is 16.5 Å². The molecule has 0 spiro atoms. The predicted molar refractivity (Wildman–Crippen MR) is 99.7 cm³/mol. The van der Waals surface area contributed by atoms with E-state index in [9.17, 15) is 4.79 Å². The number of thioether (sulfide) groups is 1. The van der Waals surface area contributed by atoms with Crippen LogP contribution in [-0.2, 0) is 18.3 Å². The molecule has 0 bridgehead atoms. The monoisotopic (exact) mass is 375 g/mol. The first-order chi connectivity index (χ1) is 12.2. The molecule has 1 aliphatic carbocycles. The predicted octanol–water partition coefficient (Wildman–Crippen LogP) is 3.60. The second kappa shape index (κ2) is 8.50. The van der Waals surface area contributed by atoms with Crippen molar-refractivity contribution in [2.45, 2.75) is 43.7 Å². The van der Waals surface area contributed by atoms with Crippen LogP contribution in [0.25, 0.3) is 0 Å². The average Bonchev–Trinajstić information content (AvgIpc) is 3.21. The van der Waals surface area contributed by atoms with E-state index in [1.807, 2.05) is 11.6 Å². The Balaban J connectivity index is 1.53. The van der Waals surface area contributed by atoms with Gasteiger partial charge in [-0.25, -0.2) is 0 Å². The molecule has 0 atom stereocenters. The van der Waals surface area contributed by atoms with Crippen molar-refractivity contribution in [1.29, 1.82) is 5.26 Å². The fourth-order valence-corrected chi connectivity index (χ4v) is 4.57. The lowest BCUT2D eigenvalue weighted by Crippen LogP contribution is -2.15. The largest absolute Gasteiger partial charge is 0.316 e. The zero-order valence-corrected chi connectivity index (χ0v) is 15.8. The highest BCUT2D eigenvalue weighted by Gasteiger charge is 2.18. The van der Waals surface area contributed by atoms with Gasteiger partial charge in [0.2, 0.25) is 5.91 Å². The van der Waals surface area contributed by atoms with Gasteiger partial charge in [-0.05, 0) is 17.4 Å². The topological polar surface area (TPSA) is 83.6 Å². The summed E-state index contributed by atoms with van der Waals surface area (Å²) in [6, 6.07) is 3.77. The Hall–Kier alpha value is -1.85. The molecule has 0 unspecified atom stereocenters. The lowest BCUT2D eigenvalue weighted by molar-refractivity contribution is -0.113. The lowest BCUT2D eigenvalue weighted by Gasteiger charge is -2.20. The van der Waals surface area contributed by atoms with E-state index >= 15 is 0 Å². The van der Waals surface area contributed by atoms with Crippen molar-refractivity contribution < 1.29 is 4.79 Å². The van der Waals surface area contributed by atoms with Crippen LogP contribution in [0.2, 0.25) is 0 Å². The summed E-state index contributed by atoms with van der Waals surface area (Å²) in [4.78, 5) is 12.1. The van der Waals surface area contributed by atoms with Gasteiger partial charge in [-0.3, -0.25) is 4.79 Å².